The average Bonchev–Trinajstić information content (AvgIpc) is 2.28. The molecule has 3 heteroatoms. The molecular formula is C13H19ClFN. The van der Waals surface area contributed by atoms with Crippen molar-refractivity contribution in [2.24, 2.45) is 0 Å². The molecule has 0 spiro atoms. The first-order chi connectivity index (χ1) is 7.74. The molecule has 0 bridgehead atoms. The summed E-state index contributed by atoms with van der Waals surface area (Å²) in [5, 5.41) is 3.90. The van der Waals surface area contributed by atoms with E-state index in [0.29, 0.717) is 11.6 Å². The molecule has 0 unspecified atom stereocenters. The normalized spacial score (nSPS) is 10.7. The molecule has 0 saturated heterocycles. The van der Waals surface area contributed by atoms with Crippen molar-refractivity contribution in [2.75, 3.05) is 6.54 Å². The molecule has 0 aliphatic heterocycles. The van der Waals surface area contributed by atoms with Gasteiger partial charge in [0.2, 0.25) is 0 Å². The van der Waals surface area contributed by atoms with Crippen molar-refractivity contribution in [3.05, 3.63) is 34.6 Å². The monoisotopic (exact) mass is 243 g/mol. The van der Waals surface area contributed by atoms with Gasteiger partial charge < -0.3 is 5.32 Å². The second-order valence-corrected chi connectivity index (χ2v) is 4.38. The third-order valence-electron chi connectivity index (χ3n) is 2.53. The van der Waals surface area contributed by atoms with Crippen LogP contribution in [0.3, 0.4) is 0 Å². The van der Waals surface area contributed by atoms with Gasteiger partial charge in [0.1, 0.15) is 5.82 Å². The Morgan fingerprint density at radius 3 is 2.81 bits per heavy atom. The molecule has 0 atom stereocenters. The summed E-state index contributed by atoms with van der Waals surface area (Å²) in [7, 11) is 0. The van der Waals surface area contributed by atoms with Gasteiger partial charge >= 0.3 is 0 Å². The van der Waals surface area contributed by atoms with Crippen molar-refractivity contribution in [3.63, 3.8) is 0 Å². The van der Waals surface area contributed by atoms with Gasteiger partial charge in [0.05, 0.1) is 0 Å². The standard InChI is InChI=1S/C13H19ClFN/c1-2-3-4-5-8-16-10-11-9-12(15)6-7-13(11)14/h6-7,9,16H,2-5,8,10H2,1H3. The topological polar surface area (TPSA) is 12.0 Å². The van der Waals surface area contributed by atoms with Gasteiger partial charge in [-0.3, -0.25) is 0 Å². The van der Waals surface area contributed by atoms with Crippen molar-refractivity contribution >= 4 is 11.6 Å². The molecule has 16 heavy (non-hydrogen) atoms. The smallest absolute Gasteiger partial charge is 0.123 e. The Hall–Kier alpha value is -0.600. The highest BCUT2D eigenvalue weighted by molar-refractivity contribution is 6.31. The van der Waals surface area contributed by atoms with Crippen LogP contribution in [-0.2, 0) is 6.54 Å². The summed E-state index contributed by atoms with van der Waals surface area (Å²) in [6, 6.07) is 4.47. The third kappa shape index (κ3) is 4.95. The van der Waals surface area contributed by atoms with E-state index in [1.807, 2.05) is 0 Å². The van der Waals surface area contributed by atoms with E-state index in [1.165, 1.54) is 37.8 Å². The lowest BCUT2D eigenvalue weighted by molar-refractivity contribution is 0.592. The van der Waals surface area contributed by atoms with E-state index in [-0.39, 0.29) is 5.82 Å². The third-order valence-corrected chi connectivity index (χ3v) is 2.90. The molecule has 1 aromatic rings. The highest BCUT2D eigenvalue weighted by Crippen LogP contribution is 2.16. The minimum absolute atomic E-state index is 0.229. The maximum Gasteiger partial charge on any atom is 0.123 e. The Morgan fingerprint density at radius 1 is 1.25 bits per heavy atom. The molecule has 0 heterocycles. The quantitative estimate of drug-likeness (QED) is 0.710. The van der Waals surface area contributed by atoms with Crippen LogP contribution in [0.2, 0.25) is 5.02 Å². The lowest BCUT2D eigenvalue weighted by atomic mass is 10.2. The van der Waals surface area contributed by atoms with Gasteiger partial charge in [-0.15, -0.1) is 0 Å². The first-order valence-electron chi connectivity index (χ1n) is 5.88. The summed E-state index contributed by atoms with van der Waals surface area (Å²) >= 11 is 5.95. The largest absolute Gasteiger partial charge is 0.313 e. The molecule has 90 valence electrons. The fourth-order valence-corrected chi connectivity index (χ4v) is 1.76. The van der Waals surface area contributed by atoms with Crippen LogP contribution in [-0.4, -0.2) is 6.54 Å². The Kier molecular flexibility index (Phi) is 6.43. The summed E-state index contributed by atoms with van der Waals surface area (Å²) in [5.41, 5.74) is 0.831. The number of hydrogen-bond donors (Lipinski definition) is 1. The molecule has 0 radical (unpaired) electrons. The van der Waals surface area contributed by atoms with Gasteiger partial charge in [0.25, 0.3) is 0 Å². The maximum absolute atomic E-state index is 12.9. The molecule has 0 fully saturated rings. The Bertz CT molecular complexity index is 315. The second kappa shape index (κ2) is 7.64. The highest BCUT2D eigenvalue weighted by Gasteiger charge is 2.01. The fourth-order valence-electron chi connectivity index (χ4n) is 1.58. The highest BCUT2D eigenvalue weighted by atomic mass is 35.5. The van der Waals surface area contributed by atoms with E-state index in [9.17, 15) is 4.39 Å². The molecule has 0 aliphatic rings. The van der Waals surface area contributed by atoms with E-state index in [4.69, 9.17) is 11.6 Å². The summed E-state index contributed by atoms with van der Waals surface area (Å²) in [4.78, 5) is 0. The summed E-state index contributed by atoms with van der Waals surface area (Å²) in [6.07, 6.45) is 4.94. The molecule has 1 aromatic carbocycles. The van der Waals surface area contributed by atoms with Gasteiger partial charge in [-0.05, 0) is 36.7 Å². The Morgan fingerprint density at radius 2 is 2.06 bits per heavy atom. The Labute approximate surface area is 102 Å². The van der Waals surface area contributed by atoms with Crippen molar-refractivity contribution < 1.29 is 4.39 Å². The summed E-state index contributed by atoms with van der Waals surface area (Å²) in [5.74, 6) is -0.229. The minimum atomic E-state index is -0.229. The maximum atomic E-state index is 12.9. The predicted octanol–water partition coefficient (Wildman–Crippen LogP) is 4.15. The molecule has 1 N–H and O–H groups in total. The van der Waals surface area contributed by atoms with Crippen LogP contribution in [0.4, 0.5) is 4.39 Å². The molecule has 0 saturated carbocycles. The predicted molar refractivity (Wildman–Crippen MR) is 67.3 cm³/mol. The SMILES string of the molecule is CCCCCCNCc1cc(F)ccc1Cl. The zero-order chi connectivity index (χ0) is 11.8. The molecule has 1 nitrogen and oxygen atoms in total. The van der Waals surface area contributed by atoms with Crippen molar-refractivity contribution in [1.82, 2.24) is 5.32 Å². The van der Waals surface area contributed by atoms with Crippen LogP contribution in [0.15, 0.2) is 18.2 Å². The number of halogens is 2. The van der Waals surface area contributed by atoms with E-state index < -0.39 is 0 Å². The first-order valence-corrected chi connectivity index (χ1v) is 6.26. The molecule has 0 amide bonds. The number of nitrogens with one attached hydrogen (secondary N) is 1. The lowest BCUT2D eigenvalue weighted by Crippen LogP contribution is -2.15. The first kappa shape index (κ1) is 13.5. The molecule has 1 rings (SSSR count). The van der Waals surface area contributed by atoms with E-state index in [1.54, 1.807) is 6.07 Å². The van der Waals surface area contributed by atoms with Crippen LogP contribution in [0, 0.1) is 5.82 Å². The van der Waals surface area contributed by atoms with Gasteiger partial charge in [-0.2, -0.15) is 0 Å². The molecule has 0 aliphatic carbocycles. The molecule has 0 aromatic heterocycles. The van der Waals surface area contributed by atoms with E-state index in [0.717, 1.165) is 12.1 Å². The van der Waals surface area contributed by atoms with Gasteiger partial charge in [0, 0.05) is 11.6 Å². The van der Waals surface area contributed by atoms with Crippen molar-refractivity contribution in [2.45, 2.75) is 39.2 Å². The van der Waals surface area contributed by atoms with Crippen LogP contribution in [0.5, 0.6) is 0 Å². The fraction of sp³-hybridized carbons (Fsp3) is 0.538. The average molecular weight is 244 g/mol. The lowest BCUT2D eigenvalue weighted by Gasteiger charge is -2.06. The van der Waals surface area contributed by atoms with E-state index >= 15 is 0 Å². The van der Waals surface area contributed by atoms with Gasteiger partial charge in [-0.1, -0.05) is 37.8 Å². The second-order valence-electron chi connectivity index (χ2n) is 3.97. The van der Waals surface area contributed by atoms with Crippen LogP contribution >= 0.6 is 11.6 Å². The van der Waals surface area contributed by atoms with Crippen LogP contribution < -0.4 is 5.32 Å². The number of hydrogen-bond acceptors (Lipinski definition) is 1. The summed E-state index contributed by atoms with van der Waals surface area (Å²) in [6.45, 7) is 3.80. The number of rotatable bonds is 7. The van der Waals surface area contributed by atoms with Gasteiger partial charge in [0.15, 0.2) is 0 Å². The zero-order valence-electron chi connectivity index (χ0n) is 9.73. The molecular weight excluding hydrogens is 225 g/mol. The number of benzene rings is 1. The number of unbranched alkanes of at least 4 members (excludes halogenated alkanes) is 3. The van der Waals surface area contributed by atoms with Crippen LogP contribution in [0.1, 0.15) is 38.2 Å². The van der Waals surface area contributed by atoms with Crippen molar-refractivity contribution in [3.8, 4) is 0 Å². The van der Waals surface area contributed by atoms with Crippen LogP contribution in [0.25, 0.3) is 0 Å². The van der Waals surface area contributed by atoms with Crippen molar-refractivity contribution in [1.29, 1.82) is 0 Å². The summed E-state index contributed by atoms with van der Waals surface area (Å²) < 4.78 is 12.9. The zero-order valence-corrected chi connectivity index (χ0v) is 10.5. The van der Waals surface area contributed by atoms with E-state index in [2.05, 4.69) is 12.2 Å². The minimum Gasteiger partial charge on any atom is -0.313 e. The van der Waals surface area contributed by atoms with Gasteiger partial charge in [-0.25, -0.2) is 4.39 Å². The Balaban J connectivity index is 2.23.